The minimum atomic E-state index is -3.98. The number of aryl methyl sites for hydroxylation is 2. The summed E-state index contributed by atoms with van der Waals surface area (Å²) in [5, 5.41) is 9.41. The summed E-state index contributed by atoms with van der Waals surface area (Å²) in [6.45, 7) is 8.38. The molecule has 2 N–H and O–H groups in total. The number of amides is 3. The van der Waals surface area contributed by atoms with Crippen LogP contribution in [0, 0.1) is 25.6 Å². The maximum absolute atomic E-state index is 14.8. The number of anilines is 2. The van der Waals surface area contributed by atoms with Gasteiger partial charge in [0.05, 0.1) is 49.5 Å². The smallest absolute Gasteiger partial charge is 0.323 e. The number of aromatic nitrogens is 1. The van der Waals surface area contributed by atoms with E-state index >= 15 is 0 Å². The number of benzene rings is 3. The van der Waals surface area contributed by atoms with Crippen molar-refractivity contribution in [1.29, 1.82) is 0 Å². The standard InChI is InChI=1S/C40H50FN5O9S/c1-26-22-46(27(2)24-52-25-30-9-14-33(51-6)15-10-30)39(47)35-21-32(42-40(48)43-38-28(3)44-55-29(38)4)13-18-36(35)53-19-7-8-20-54-37(26)23-45(5)56(49,50)34-16-11-31(41)12-17-34/h9-18,21,26-27,37H,7-8,19-20,22-25H2,1-6H3,(H2,42,43,48)/t26-,27+,37+/m1/s1. The number of halogens is 1. The van der Waals surface area contributed by atoms with Crippen LogP contribution >= 0.6 is 0 Å². The molecule has 16 heteroatoms. The van der Waals surface area contributed by atoms with E-state index in [0.29, 0.717) is 48.0 Å². The second-order valence-corrected chi connectivity index (χ2v) is 15.9. The van der Waals surface area contributed by atoms with E-state index < -0.39 is 34.0 Å². The van der Waals surface area contributed by atoms with E-state index in [9.17, 15) is 22.4 Å². The zero-order valence-electron chi connectivity index (χ0n) is 32.5. The lowest BCUT2D eigenvalue weighted by Gasteiger charge is -2.35. The van der Waals surface area contributed by atoms with Crippen molar-refractivity contribution in [3.63, 3.8) is 0 Å². The van der Waals surface area contributed by atoms with Crippen LogP contribution in [-0.4, -0.2) is 93.9 Å². The SMILES string of the molecule is COc1ccc(COC[C@H](C)N2C[C@@H](C)[C@H](CN(C)S(=O)(=O)c3ccc(F)cc3)OCCCCOc3ccc(NC(=O)Nc4c(C)noc4C)cc3C2=O)cc1. The van der Waals surface area contributed by atoms with Gasteiger partial charge in [-0.3, -0.25) is 4.79 Å². The van der Waals surface area contributed by atoms with Gasteiger partial charge in [0, 0.05) is 38.3 Å². The molecule has 3 aromatic carbocycles. The number of ether oxygens (including phenoxy) is 4. The molecular weight excluding hydrogens is 746 g/mol. The van der Waals surface area contributed by atoms with Gasteiger partial charge in [0.15, 0.2) is 5.76 Å². The van der Waals surface area contributed by atoms with Crippen molar-refractivity contribution in [3.8, 4) is 11.5 Å². The number of nitrogens with zero attached hydrogens (tertiary/aromatic N) is 3. The minimum absolute atomic E-state index is 0.0212. The molecule has 0 saturated carbocycles. The molecule has 0 spiro atoms. The first-order valence-corrected chi connectivity index (χ1v) is 19.8. The lowest BCUT2D eigenvalue weighted by Crippen LogP contribution is -2.48. The quantitative estimate of drug-likeness (QED) is 0.159. The summed E-state index contributed by atoms with van der Waals surface area (Å²) >= 11 is 0. The molecule has 1 aromatic heterocycles. The molecule has 1 aliphatic rings. The third kappa shape index (κ3) is 10.8. The summed E-state index contributed by atoms with van der Waals surface area (Å²) in [4.78, 5) is 29.4. The van der Waals surface area contributed by atoms with Gasteiger partial charge < -0.3 is 39.0 Å². The Hall–Kier alpha value is -5.03. The number of urea groups is 1. The Labute approximate surface area is 327 Å². The van der Waals surface area contributed by atoms with Crippen molar-refractivity contribution < 1.29 is 45.9 Å². The highest BCUT2D eigenvalue weighted by Gasteiger charge is 2.33. The first-order valence-electron chi connectivity index (χ1n) is 18.4. The second kappa shape index (κ2) is 19.2. The maximum Gasteiger partial charge on any atom is 0.323 e. The Morgan fingerprint density at radius 1 is 1.05 bits per heavy atom. The number of hydrogen-bond donors (Lipinski definition) is 2. The molecule has 3 atom stereocenters. The molecule has 3 amide bonds. The van der Waals surface area contributed by atoms with Crippen LogP contribution in [0.2, 0.25) is 0 Å². The second-order valence-electron chi connectivity index (χ2n) is 13.8. The summed E-state index contributed by atoms with van der Waals surface area (Å²) < 4.78 is 70.9. The number of nitrogens with one attached hydrogen (secondary N) is 2. The number of carbonyl (C=O) groups is 2. The predicted molar refractivity (Wildman–Crippen MR) is 208 cm³/mol. The van der Waals surface area contributed by atoms with Gasteiger partial charge in [0.1, 0.15) is 28.7 Å². The summed E-state index contributed by atoms with van der Waals surface area (Å²) in [6.07, 6.45) is 0.583. The number of sulfonamides is 1. The van der Waals surface area contributed by atoms with Gasteiger partial charge in [-0.25, -0.2) is 17.6 Å². The molecule has 0 aliphatic carbocycles. The Bertz CT molecular complexity index is 2020. The fourth-order valence-electron chi connectivity index (χ4n) is 6.20. The van der Waals surface area contributed by atoms with Gasteiger partial charge in [0.25, 0.3) is 5.91 Å². The van der Waals surface area contributed by atoms with Crippen LogP contribution in [0.3, 0.4) is 0 Å². The minimum Gasteiger partial charge on any atom is -0.497 e. The average molecular weight is 796 g/mol. The van der Waals surface area contributed by atoms with Gasteiger partial charge >= 0.3 is 6.03 Å². The Morgan fingerprint density at radius 2 is 1.77 bits per heavy atom. The van der Waals surface area contributed by atoms with Crippen molar-refractivity contribution in [2.75, 3.05) is 57.7 Å². The fourth-order valence-corrected chi connectivity index (χ4v) is 7.38. The molecular formula is C40H50FN5O9S. The van der Waals surface area contributed by atoms with Crippen LogP contribution in [0.1, 0.15) is 54.1 Å². The van der Waals surface area contributed by atoms with Crippen LogP contribution in [-0.2, 0) is 26.1 Å². The van der Waals surface area contributed by atoms with E-state index in [0.717, 1.165) is 23.4 Å². The van der Waals surface area contributed by atoms with Crippen LogP contribution < -0.4 is 20.1 Å². The maximum atomic E-state index is 14.8. The summed E-state index contributed by atoms with van der Waals surface area (Å²) in [5.41, 5.74) is 2.46. The van der Waals surface area contributed by atoms with Crippen molar-refractivity contribution in [3.05, 3.63) is 95.1 Å². The average Bonchev–Trinajstić information content (AvgIpc) is 3.50. The van der Waals surface area contributed by atoms with E-state index in [1.54, 1.807) is 44.1 Å². The van der Waals surface area contributed by atoms with E-state index in [4.69, 9.17) is 23.5 Å². The molecule has 5 rings (SSSR count). The molecule has 1 aliphatic heterocycles. The lowest BCUT2D eigenvalue weighted by atomic mass is 10.0. The van der Waals surface area contributed by atoms with Crippen LogP contribution in [0.4, 0.5) is 20.6 Å². The highest BCUT2D eigenvalue weighted by atomic mass is 32.2. The Morgan fingerprint density at radius 3 is 2.45 bits per heavy atom. The third-order valence-electron chi connectivity index (χ3n) is 9.53. The van der Waals surface area contributed by atoms with Crippen molar-refractivity contribution in [1.82, 2.24) is 14.4 Å². The monoisotopic (exact) mass is 795 g/mol. The molecule has 0 fully saturated rings. The van der Waals surface area contributed by atoms with Crippen molar-refractivity contribution in [2.45, 2.75) is 64.2 Å². The van der Waals surface area contributed by atoms with Crippen LogP contribution in [0.25, 0.3) is 0 Å². The summed E-state index contributed by atoms with van der Waals surface area (Å²) in [5.74, 6) is 0.218. The molecule has 0 saturated heterocycles. The topological polar surface area (TPSA) is 162 Å². The number of methoxy groups -OCH3 is 1. The first-order chi connectivity index (χ1) is 26.8. The number of rotatable bonds is 12. The van der Waals surface area contributed by atoms with Crippen molar-refractivity contribution >= 4 is 33.3 Å². The highest BCUT2D eigenvalue weighted by molar-refractivity contribution is 7.89. The highest BCUT2D eigenvalue weighted by Crippen LogP contribution is 2.29. The van der Waals surface area contributed by atoms with Gasteiger partial charge in [-0.05, 0) is 93.8 Å². The zero-order valence-corrected chi connectivity index (χ0v) is 33.4. The van der Waals surface area contributed by atoms with E-state index in [1.807, 2.05) is 38.1 Å². The number of hydrogen-bond acceptors (Lipinski definition) is 10. The van der Waals surface area contributed by atoms with E-state index in [1.165, 1.54) is 23.5 Å². The largest absolute Gasteiger partial charge is 0.497 e. The molecule has 302 valence electrons. The fraction of sp³-hybridized carbons (Fsp3) is 0.425. The van der Waals surface area contributed by atoms with E-state index in [-0.39, 0.29) is 55.2 Å². The van der Waals surface area contributed by atoms with Gasteiger partial charge in [-0.15, -0.1) is 0 Å². The Balaban J connectivity index is 1.42. The molecule has 0 unspecified atom stereocenters. The van der Waals surface area contributed by atoms with Crippen LogP contribution in [0.5, 0.6) is 11.5 Å². The molecule has 14 nitrogen and oxygen atoms in total. The van der Waals surface area contributed by atoms with Gasteiger partial charge in [-0.1, -0.05) is 24.2 Å². The van der Waals surface area contributed by atoms with E-state index in [2.05, 4.69) is 15.8 Å². The number of carbonyl (C=O) groups excluding carboxylic acids is 2. The zero-order chi connectivity index (χ0) is 40.4. The lowest BCUT2D eigenvalue weighted by molar-refractivity contribution is -0.0111. The molecule has 2 heterocycles. The number of fused-ring (bicyclic) bond motifs is 1. The Kier molecular flexibility index (Phi) is 14.5. The molecule has 0 bridgehead atoms. The molecule has 56 heavy (non-hydrogen) atoms. The molecule has 4 aromatic rings. The predicted octanol–water partition coefficient (Wildman–Crippen LogP) is 6.65. The summed E-state index contributed by atoms with van der Waals surface area (Å²) in [6, 6.07) is 16.0. The van der Waals surface area contributed by atoms with Crippen LogP contribution in [0.15, 0.2) is 76.1 Å². The third-order valence-corrected chi connectivity index (χ3v) is 11.4. The first kappa shape index (κ1) is 42.1. The summed E-state index contributed by atoms with van der Waals surface area (Å²) in [7, 11) is -0.934. The van der Waals surface area contributed by atoms with Gasteiger partial charge in [0.2, 0.25) is 10.0 Å². The van der Waals surface area contributed by atoms with Gasteiger partial charge in [-0.2, -0.15) is 4.31 Å². The van der Waals surface area contributed by atoms with Crippen molar-refractivity contribution in [2.24, 2.45) is 5.92 Å². The number of likely N-dealkylation sites (N-methyl/N-ethyl adjacent to an activating group) is 1. The molecule has 0 radical (unpaired) electrons. The normalized spacial score (nSPS) is 17.5.